The minimum absolute atomic E-state index is 0.341. The van der Waals surface area contributed by atoms with Gasteiger partial charge in [-0.3, -0.25) is 0 Å². The smallest absolute Gasteiger partial charge is 0.124 e. The molecule has 19 heavy (non-hydrogen) atoms. The number of hydrogen-bond acceptors (Lipinski definition) is 3. The summed E-state index contributed by atoms with van der Waals surface area (Å²) in [6.07, 6.45) is 1.04. The Morgan fingerprint density at radius 1 is 1.16 bits per heavy atom. The molecule has 1 N–H and O–H groups in total. The van der Waals surface area contributed by atoms with Gasteiger partial charge in [-0.2, -0.15) is 0 Å². The van der Waals surface area contributed by atoms with Crippen molar-refractivity contribution in [2.45, 2.75) is 33.2 Å². The van der Waals surface area contributed by atoms with Crippen LogP contribution in [0.3, 0.4) is 0 Å². The normalized spacial score (nSPS) is 12.7. The molecule has 3 nitrogen and oxygen atoms in total. The first-order chi connectivity index (χ1) is 9.19. The standard InChI is InChI=1S/C16H27NO2/c1-5-15(17-4)14-8-6-7-9-16(14)19-11-10-18-12-13(2)3/h6-9,13,15,17H,5,10-12H2,1-4H3. The maximum absolute atomic E-state index is 5.84. The molecular formula is C16H27NO2. The van der Waals surface area contributed by atoms with E-state index in [9.17, 15) is 0 Å². The van der Waals surface area contributed by atoms with Crippen LogP contribution < -0.4 is 10.1 Å². The van der Waals surface area contributed by atoms with E-state index in [0.29, 0.717) is 25.2 Å². The van der Waals surface area contributed by atoms with Crippen LogP contribution >= 0.6 is 0 Å². The predicted molar refractivity (Wildman–Crippen MR) is 79.7 cm³/mol. The maximum atomic E-state index is 5.84. The van der Waals surface area contributed by atoms with Crippen molar-refractivity contribution < 1.29 is 9.47 Å². The molecule has 0 amide bonds. The summed E-state index contributed by atoms with van der Waals surface area (Å²) in [4.78, 5) is 0. The average Bonchev–Trinajstić information content (AvgIpc) is 2.41. The lowest BCUT2D eigenvalue weighted by atomic mass is 10.0. The third kappa shape index (κ3) is 5.62. The minimum Gasteiger partial charge on any atom is -0.491 e. The molecule has 1 unspecified atom stereocenters. The fourth-order valence-electron chi connectivity index (χ4n) is 2.01. The third-order valence-electron chi connectivity index (χ3n) is 2.99. The average molecular weight is 265 g/mol. The van der Waals surface area contributed by atoms with Crippen molar-refractivity contribution >= 4 is 0 Å². The van der Waals surface area contributed by atoms with E-state index in [1.807, 2.05) is 19.2 Å². The molecule has 1 atom stereocenters. The molecule has 0 aliphatic rings. The Labute approximate surface area is 117 Å². The molecule has 1 aromatic rings. The molecule has 3 heteroatoms. The SMILES string of the molecule is CCC(NC)c1ccccc1OCCOCC(C)C. The number of benzene rings is 1. The fraction of sp³-hybridized carbons (Fsp3) is 0.625. The van der Waals surface area contributed by atoms with Crippen LogP contribution in [-0.2, 0) is 4.74 Å². The molecule has 0 aliphatic carbocycles. The largest absolute Gasteiger partial charge is 0.491 e. The molecule has 0 heterocycles. The summed E-state index contributed by atoms with van der Waals surface area (Å²) in [5.41, 5.74) is 1.22. The summed E-state index contributed by atoms with van der Waals surface area (Å²) in [5.74, 6) is 1.53. The number of para-hydroxylation sites is 1. The Balaban J connectivity index is 2.49. The van der Waals surface area contributed by atoms with E-state index >= 15 is 0 Å². The van der Waals surface area contributed by atoms with Gasteiger partial charge in [-0.1, -0.05) is 39.0 Å². The lowest BCUT2D eigenvalue weighted by molar-refractivity contribution is 0.0814. The number of nitrogens with one attached hydrogen (secondary N) is 1. The van der Waals surface area contributed by atoms with E-state index in [-0.39, 0.29) is 0 Å². The molecule has 0 saturated carbocycles. The zero-order valence-electron chi connectivity index (χ0n) is 12.6. The number of hydrogen-bond donors (Lipinski definition) is 1. The van der Waals surface area contributed by atoms with Gasteiger partial charge in [-0.15, -0.1) is 0 Å². The Kier molecular flexibility index (Phi) is 7.53. The zero-order chi connectivity index (χ0) is 14.1. The van der Waals surface area contributed by atoms with E-state index in [0.717, 1.165) is 18.8 Å². The van der Waals surface area contributed by atoms with E-state index in [1.54, 1.807) is 0 Å². The van der Waals surface area contributed by atoms with Gasteiger partial charge >= 0.3 is 0 Å². The van der Waals surface area contributed by atoms with Gasteiger partial charge in [-0.05, 0) is 25.5 Å². The molecule has 0 radical (unpaired) electrons. The van der Waals surface area contributed by atoms with Crippen molar-refractivity contribution in [1.82, 2.24) is 5.32 Å². The Morgan fingerprint density at radius 3 is 2.53 bits per heavy atom. The lowest BCUT2D eigenvalue weighted by Crippen LogP contribution is -2.17. The predicted octanol–water partition coefficient (Wildman–Crippen LogP) is 3.41. The highest BCUT2D eigenvalue weighted by molar-refractivity contribution is 5.35. The van der Waals surface area contributed by atoms with Crippen LogP contribution in [0.25, 0.3) is 0 Å². The summed E-state index contributed by atoms with van der Waals surface area (Å²) in [6, 6.07) is 8.55. The first kappa shape index (κ1) is 16.0. The summed E-state index contributed by atoms with van der Waals surface area (Å²) in [6.45, 7) is 8.50. The van der Waals surface area contributed by atoms with Crippen molar-refractivity contribution in [3.8, 4) is 5.75 Å². The molecule has 0 fully saturated rings. The second-order valence-electron chi connectivity index (χ2n) is 5.10. The van der Waals surface area contributed by atoms with E-state index < -0.39 is 0 Å². The topological polar surface area (TPSA) is 30.5 Å². The van der Waals surface area contributed by atoms with Gasteiger partial charge in [0.2, 0.25) is 0 Å². The molecule has 108 valence electrons. The number of rotatable bonds is 9. The van der Waals surface area contributed by atoms with E-state index in [4.69, 9.17) is 9.47 Å². The zero-order valence-corrected chi connectivity index (χ0v) is 12.6. The monoisotopic (exact) mass is 265 g/mol. The maximum Gasteiger partial charge on any atom is 0.124 e. The second kappa shape index (κ2) is 8.94. The Bertz CT molecular complexity index is 348. The Hall–Kier alpha value is -1.06. The summed E-state index contributed by atoms with van der Waals surface area (Å²) >= 11 is 0. The summed E-state index contributed by atoms with van der Waals surface area (Å²) in [5, 5.41) is 3.31. The highest BCUT2D eigenvalue weighted by atomic mass is 16.5. The van der Waals surface area contributed by atoms with Crippen molar-refractivity contribution in [3.63, 3.8) is 0 Å². The van der Waals surface area contributed by atoms with Gasteiger partial charge in [0.25, 0.3) is 0 Å². The van der Waals surface area contributed by atoms with Crippen LogP contribution in [0, 0.1) is 5.92 Å². The van der Waals surface area contributed by atoms with Crippen LogP contribution in [0.15, 0.2) is 24.3 Å². The molecule has 0 spiro atoms. The first-order valence-corrected chi connectivity index (χ1v) is 7.15. The highest BCUT2D eigenvalue weighted by Gasteiger charge is 2.11. The fourth-order valence-corrected chi connectivity index (χ4v) is 2.01. The van der Waals surface area contributed by atoms with Crippen LogP contribution in [-0.4, -0.2) is 26.9 Å². The third-order valence-corrected chi connectivity index (χ3v) is 2.99. The van der Waals surface area contributed by atoms with Crippen LogP contribution in [0.4, 0.5) is 0 Å². The summed E-state index contributed by atoms with van der Waals surface area (Å²) < 4.78 is 11.4. The molecular weight excluding hydrogens is 238 g/mol. The van der Waals surface area contributed by atoms with Crippen LogP contribution in [0.1, 0.15) is 38.8 Å². The highest BCUT2D eigenvalue weighted by Crippen LogP contribution is 2.26. The quantitative estimate of drug-likeness (QED) is 0.694. The van der Waals surface area contributed by atoms with Crippen molar-refractivity contribution in [2.24, 2.45) is 5.92 Å². The van der Waals surface area contributed by atoms with E-state index in [2.05, 4.69) is 38.2 Å². The van der Waals surface area contributed by atoms with Gasteiger partial charge in [0.15, 0.2) is 0 Å². The molecule has 1 rings (SSSR count). The summed E-state index contributed by atoms with van der Waals surface area (Å²) in [7, 11) is 1.98. The molecule has 0 bridgehead atoms. The van der Waals surface area contributed by atoms with E-state index in [1.165, 1.54) is 5.56 Å². The van der Waals surface area contributed by atoms with Crippen LogP contribution in [0.5, 0.6) is 5.75 Å². The minimum atomic E-state index is 0.341. The molecule has 0 aromatic heterocycles. The Morgan fingerprint density at radius 2 is 1.89 bits per heavy atom. The van der Waals surface area contributed by atoms with Gasteiger partial charge < -0.3 is 14.8 Å². The van der Waals surface area contributed by atoms with Crippen LogP contribution in [0.2, 0.25) is 0 Å². The van der Waals surface area contributed by atoms with Gasteiger partial charge in [-0.25, -0.2) is 0 Å². The molecule has 0 aliphatic heterocycles. The molecule has 0 saturated heterocycles. The first-order valence-electron chi connectivity index (χ1n) is 7.15. The molecule has 1 aromatic carbocycles. The van der Waals surface area contributed by atoms with Gasteiger partial charge in [0, 0.05) is 18.2 Å². The number of ether oxygens (including phenoxy) is 2. The van der Waals surface area contributed by atoms with Crippen molar-refractivity contribution in [1.29, 1.82) is 0 Å². The van der Waals surface area contributed by atoms with Crippen molar-refractivity contribution in [3.05, 3.63) is 29.8 Å². The van der Waals surface area contributed by atoms with Crippen molar-refractivity contribution in [2.75, 3.05) is 26.9 Å². The van der Waals surface area contributed by atoms with Gasteiger partial charge in [0.1, 0.15) is 12.4 Å². The van der Waals surface area contributed by atoms with Gasteiger partial charge in [0.05, 0.1) is 6.61 Å². The second-order valence-corrected chi connectivity index (χ2v) is 5.10. The lowest BCUT2D eigenvalue weighted by Gasteiger charge is -2.18.